The van der Waals surface area contributed by atoms with E-state index in [1.54, 1.807) is 24.3 Å². The van der Waals surface area contributed by atoms with Gasteiger partial charge in [-0.15, -0.1) is 0 Å². The number of esters is 1. The molecule has 0 unspecified atom stereocenters. The molecule has 1 saturated carbocycles. The second-order valence-corrected chi connectivity index (χ2v) is 7.21. The molecule has 1 N–H and O–H groups in total. The van der Waals surface area contributed by atoms with Gasteiger partial charge in [0.25, 0.3) is 5.91 Å². The van der Waals surface area contributed by atoms with E-state index in [1.165, 1.54) is 7.11 Å². The topological polar surface area (TPSA) is 90.7 Å². The number of hydrogen-bond donors (Lipinski definition) is 1. The molecule has 1 fully saturated rings. The van der Waals surface area contributed by atoms with Gasteiger partial charge in [-0.25, -0.2) is 4.79 Å². The normalized spacial score (nSPS) is 15.7. The van der Waals surface area contributed by atoms with E-state index in [-0.39, 0.29) is 11.9 Å². The molecule has 1 aromatic carbocycles. The number of methoxy groups -OCH3 is 1. The summed E-state index contributed by atoms with van der Waals surface area (Å²) in [5, 5.41) is 6.83. The second kappa shape index (κ2) is 8.46. The highest BCUT2D eigenvalue weighted by atomic mass is 16.5. The predicted octanol–water partition coefficient (Wildman–Crippen LogP) is 3.48. The molecule has 1 aliphatic carbocycles. The molecule has 0 bridgehead atoms. The van der Waals surface area contributed by atoms with Crippen LogP contribution in [-0.4, -0.2) is 29.7 Å². The van der Waals surface area contributed by atoms with Crippen LogP contribution in [0.4, 0.5) is 0 Å². The Morgan fingerprint density at radius 2 is 1.96 bits per heavy atom. The monoisotopic (exact) mass is 386 g/mol. The minimum Gasteiger partial charge on any atom is -0.489 e. The summed E-state index contributed by atoms with van der Waals surface area (Å²) < 4.78 is 15.9. The Morgan fingerprint density at radius 3 is 2.61 bits per heavy atom. The van der Waals surface area contributed by atoms with E-state index in [2.05, 4.69) is 10.5 Å². The van der Waals surface area contributed by atoms with Gasteiger partial charge in [0.05, 0.1) is 18.4 Å². The van der Waals surface area contributed by atoms with E-state index in [4.69, 9.17) is 14.0 Å². The van der Waals surface area contributed by atoms with Gasteiger partial charge in [-0.2, -0.15) is 0 Å². The van der Waals surface area contributed by atoms with Gasteiger partial charge in [0.1, 0.15) is 23.7 Å². The summed E-state index contributed by atoms with van der Waals surface area (Å²) in [6.07, 6.45) is 4.01. The number of nitrogens with zero attached hydrogens (tertiary/aromatic N) is 1. The number of aryl methyl sites for hydroxylation is 2. The van der Waals surface area contributed by atoms with Gasteiger partial charge in [-0.3, -0.25) is 4.79 Å². The van der Waals surface area contributed by atoms with Gasteiger partial charge in [-0.05, 0) is 44.9 Å². The van der Waals surface area contributed by atoms with E-state index >= 15 is 0 Å². The molecule has 0 spiro atoms. The smallest absolute Gasteiger partial charge is 0.331 e. The molecule has 1 heterocycles. The Hall–Kier alpha value is -2.83. The first kappa shape index (κ1) is 19.9. The van der Waals surface area contributed by atoms with Gasteiger partial charge in [0.15, 0.2) is 0 Å². The highest BCUT2D eigenvalue weighted by Gasteiger charge is 2.42. The number of amides is 1. The number of hydrogen-bond acceptors (Lipinski definition) is 6. The molecule has 1 amide bonds. The van der Waals surface area contributed by atoms with Crippen molar-refractivity contribution in [2.24, 2.45) is 0 Å². The lowest BCUT2D eigenvalue weighted by atomic mass is 9.81. The van der Waals surface area contributed by atoms with Crippen molar-refractivity contribution in [3.8, 4) is 5.75 Å². The molecule has 0 radical (unpaired) electrons. The van der Waals surface area contributed by atoms with Crippen LogP contribution in [0.15, 0.2) is 28.8 Å². The summed E-state index contributed by atoms with van der Waals surface area (Å²) in [6.45, 7) is 3.99. The SMILES string of the molecule is COC(=O)C1(NC(=O)c2cccc(OCc3c(C)noc3C)c2)CCCCC1. The summed E-state index contributed by atoms with van der Waals surface area (Å²) in [7, 11) is 1.36. The van der Waals surface area contributed by atoms with Crippen LogP contribution in [-0.2, 0) is 16.1 Å². The third-order valence-electron chi connectivity index (χ3n) is 5.30. The maximum Gasteiger partial charge on any atom is 0.331 e. The fourth-order valence-corrected chi connectivity index (χ4v) is 3.61. The number of ether oxygens (including phenoxy) is 2. The van der Waals surface area contributed by atoms with Crippen molar-refractivity contribution in [2.75, 3.05) is 7.11 Å². The van der Waals surface area contributed by atoms with Gasteiger partial charge in [-0.1, -0.05) is 30.5 Å². The lowest BCUT2D eigenvalue weighted by molar-refractivity contribution is -0.149. The first-order chi connectivity index (χ1) is 13.4. The van der Waals surface area contributed by atoms with E-state index in [0.29, 0.717) is 36.5 Å². The van der Waals surface area contributed by atoms with Crippen molar-refractivity contribution in [3.05, 3.63) is 46.8 Å². The van der Waals surface area contributed by atoms with Crippen molar-refractivity contribution in [1.29, 1.82) is 0 Å². The van der Waals surface area contributed by atoms with Crippen molar-refractivity contribution in [1.82, 2.24) is 10.5 Å². The molecule has 1 aromatic heterocycles. The van der Waals surface area contributed by atoms with Crippen molar-refractivity contribution in [2.45, 2.75) is 58.1 Å². The first-order valence-electron chi connectivity index (χ1n) is 9.51. The Kier molecular flexibility index (Phi) is 6.02. The predicted molar refractivity (Wildman–Crippen MR) is 102 cm³/mol. The summed E-state index contributed by atoms with van der Waals surface area (Å²) in [5.41, 5.74) is 1.16. The third kappa shape index (κ3) is 4.18. The highest BCUT2D eigenvalue weighted by molar-refractivity contribution is 5.98. The molecule has 0 saturated heterocycles. The lowest BCUT2D eigenvalue weighted by Crippen LogP contribution is -2.56. The van der Waals surface area contributed by atoms with Crippen LogP contribution in [0, 0.1) is 13.8 Å². The zero-order chi connectivity index (χ0) is 20.1. The minimum atomic E-state index is -0.947. The van der Waals surface area contributed by atoms with Gasteiger partial charge >= 0.3 is 5.97 Å². The molecule has 2 aromatic rings. The third-order valence-corrected chi connectivity index (χ3v) is 5.30. The molecule has 0 aliphatic heterocycles. The number of rotatable bonds is 6. The zero-order valence-electron chi connectivity index (χ0n) is 16.5. The zero-order valence-corrected chi connectivity index (χ0v) is 16.5. The van der Waals surface area contributed by atoms with Gasteiger partial charge < -0.3 is 19.3 Å². The number of carbonyl (C=O) groups is 2. The Labute approximate surface area is 164 Å². The van der Waals surface area contributed by atoms with Crippen LogP contribution in [0.2, 0.25) is 0 Å². The number of carbonyl (C=O) groups excluding carboxylic acids is 2. The first-order valence-corrected chi connectivity index (χ1v) is 9.51. The summed E-state index contributed by atoms with van der Waals surface area (Å²) in [5.74, 6) is 0.577. The highest BCUT2D eigenvalue weighted by Crippen LogP contribution is 2.30. The van der Waals surface area contributed by atoms with Crippen LogP contribution < -0.4 is 10.1 Å². The van der Waals surface area contributed by atoms with Crippen LogP contribution in [0.3, 0.4) is 0 Å². The fraction of sp³-hybridized carbons (Fsp3) is 0.476. The van der Waals surface area contributed by atoms with E-state index in [0.717, 1.165) is 30.5 Å². The maximum absolute atomic E-state index is 12.8. The van der Waals surface area contributed by atoms with Crippen molar-refractivity contribution in [3.63, 3.8) is 0 Å². The Balaban J connectivity index is 1.72. The molecule has 7 nitrogen and oxygen atoms in total. The molecule has 1 aliphatic rings. The Morgan fingerprint density at radius 1 is 1.21 bits per heavy atom. The lowest BCUT2D eigenvalue weighted by Gasteiger charge is -2.35. The summed E-state index contributed by atoms with van der Waals surface area (Å²) >= 11 is 0. The van der Waals surface area contributed by atoms with Crippen molar-refractivity contribution < 1.29 is 23.6 Å². The van der Waals surface area contributed by atoms with E-state index in [9.17, 15) is 9.59 Å². The molecule has 28 heavy (non-hydrogen) atoms. The average molecular weight is 386 g/mol. The van der Waals surface area contributed by atoms with E-state index in [1.807, 2.05) is 13.8 Å². The molecule has 150 valence electrons. The molecule has 7 heteroatoms. The van der Waals surface area contributed by atoms with E-state index < -0.39 is 5.54 Å². The molecule has 0 atom stereocenters. The summed E-state index contributed by atoms with van der Waals surface area (Å²) in [4.78, 5) is 25.2. The quantitative estimate of drug-likeness (QED) is 0.765. The van der Waals surface area contributed by atoms with Crippen LogP contribution in [0.5, 0.6) is 5.75 Å². The van der Waals surface area contributed by atoms with Crippen LogP contribution >= 0.6 is 0 Å². The second-order valence-electron chi connectivity index (χ2n) is 7.21. The molecular formula is C21H26N2O5. The molecular weight excluding hydrogens is 360 g/mol. The van der Waals surface area contributed by atoms with Crippen molar-refractivity contribution >= 4 is 11.9 Å². The number of aromatic nitrogens is 1. The van der Waals surface area contributed by atoms with Gasteiger partial charge in [0.2, 0.25) is 0 Å². The Bertz CT molecular complexity index is 833. The number of benzene rings is 1. The van der Waals surface area contributed by atoms with Crippen LogP contribution in [0.1, 0.15) is 59.5 Å². The average Bonchev–Trinajstić information content (AvgIpc) is 3.04. The molecule has 3 rings (SSSR count). The van der Waals surface area contributed by atoms with Crippen LogP contribution in [0.25, 0.3) is 0 Å². The summed E-state index contributed by atoms with van der Waals surface area (Å²) in [6, 6.07) is 6.90. The van der Waals surface area contributed by atoms with Gasteiger partial charge in [0, 0.05) is 5.56 Å². The minimum absolute atomic E-state index is 0.304. The standard InChI is InChI=1S/C21H26N2O5/c1-14-18(15(2)28-23-14)13-27-17-9-7-8-16(12-17)19(24)22-21(20(25)26-3)10-5-4-6-11-21/h7-9,12H,4-6,10-11,13H2,1-3H3,(H,22,24). The largest absolute Gasteiger partial charge is 0.489 e. The number of nitrogens with one attached hydrogen (secondary N) is 1. The maximum atomic E-state index is 12.8. The fourth-order valence-electron chi connectivity index (χ4n) is 3.61.